The molecule has 0 radical (unpaired) electrons. The van der Waals surface area contributed by atoms with E-state index in [2.05, 4.69) is 19.2 Å². The summed E-state index contributed by atoms with van der Waals surface area (Å²) in [5.41, 5.74) is 1.07. The molecule has 5 nitrogen and oxygen atoms in total. The Morgan fingerprint density at radius 1 is 1.29 bits per heavy atom. The van der Waals surface area contributed by atoms with Crippen LogP contribution in [-0.4, -0.2) is 44.9 Å². The maximum atomic E-state index is 12.0. The van der Waals surface area contributed by atoms with Gasteiger partial charge in [0, 0.05) is 6.54 Å². The van der Waals surface area contributed by atoms with Gasteiger partial charge in [-0.1, -0.05) is 12.1 Å². The number of morpholine rings is 1. The number of nitrogens with one attached hydrogen (secondary N) is 2. The molecule has 2 rings (SSSR count). The molecule has 0 saturated carbocycles. The lowest BCUT2D eigenvalue weighted by atomic mass is 10.2. The van der Waals surface area contributed by atoms with Crippen LogP contribution in [0.5, 0.6) is 5.75 Å². The van der Waals surface area contributed by atoms with E-state index in [1.807, 2.05) is 24.3 Å². The number of rotatable bonds is 5. The third-order valence-electron chi connectivity index (χ3n) is 3.68. The van der Waals surface area contributed by atoms with Gasteiger partial charge in [-0.25, -0.2) is 0 Å². The van der Waals surface area contributed by atoms with Crippen molar-refractivity contribution in [2.24, 2.45) is 0 Å². The molecule has 5 heteroatoms. The molecule has 0 aromatic heterocycles. The molecule has 1 saturated heterocycles. The summed E-state index contributed by atoms with van der Waals surface area (Å²) in [6.45, 7) is 6.96. The van der Waals surface area contributed by atoms with Gasteiger partial charge in [0.2, 0.25) is 0 Å². The van der Waals surface area contributed by atoms with Crippen LogP contribution >= 0.6 is 0 Å². The van der Waals surface area contributed by atoms with Gasteiger partial charge < -0.3 is 19.7 Å². The smallest absolute Gasteiger partial charge is 0.275 e. The molecule has 0 bridgehead atoms. The van der Waals surface area contributed by atoms with Gasteiger partial charge in [0.05, 0.1) is 7.11 Å². The topological polar surface area (TPSA) is 52.0 Å². The van der Waals surface area contributed by atoms with Gasteiger partial charge in [-0.05, 0) is 31.5 Å². The molecule has 1 amide bonds. The summed E-state index contributed by atoms with van der Waals surface area (Å²) in [5.74, 6) is 0.910. The van der Waals surface area contributed by atoms with Gasteiger partial charge in [0.25, 0.3) is 5.91 Å². The summed E-state index contributed by atoms with van der Waals surface area (Å²) in [7, 11) is 1.64. The zero-order valence-electron chi connectivity index (χ0n) is 13.0. The van der Waals surface area contributed by atoms with E-state index in [0.717, 1.165) is 24.4 Å². The van der Waals surface area contributed by atoms with Crippen LogP contribution in [0, 0.1) is 0 Å². The molecule has 3 atom stereocenters. The first kappa shape index (κ1) is 15.8. The van der Waals surface area contributed by atoms with E-state index in [4.69, 9.17) is 9.47 Å². The number of hydrogen-bond donors (Lipinski definition) is 2. The van der Waals surface area contributed by atoms with Crippen molar-refractivity contribution in [2.75, 3.05) is 26.7 Å². The van der Waals surface area contributed by atoms with E-state index in [9.17, 15) is 4.79 Å². The van der Waals surface area contributed by atoms with Crippen LogP contribution < -0.4 is 15.0 Å². The Balaban J connectivity index is 1.76. The highest BCUT2D eigenvalue weighted by Gasteiger charge is 2.26. The number of methoxy groups -OCH3 is 1. The fourth-order valence-corrected chi connectivity index (χ4v) is 2.77. The maximum Gasteiger partial charge on any atom is 0.275 e. The first-order valence-corrected chi connectivity index (χ1v) is 7.45. The molecule has 1 heterocycles. The summed E-state index contributed by atoms with van der Waals surface area (Å²) in [6, 6.07) is 7.73. The number of carbonyl (C=O) groups is 1. The van der Waals surface area contributed by atoms with Gasteiger partial charge >= 0.3 is 0 Å². The van der Waals surface area contributed by atoms with Crippen LogP contribution in [-0.2, 0) is 16.1 Å². The minimum Gasteiger partial charge on any atom is -0.497 e. The Labute approximate surface area is 126 Å². The summed E-state index contributed by atoms with van der Waals surface area (Å²) in [6.07, 6.45) is 0.441. The molecular weight excluding hydrogens is 268 g/mol. The molecule has 1 aromatic carbocycles. The predicted molar refractivity (Wildman–Crippen MR) is 80.4 cm³/mol. The molecule has 1 aliphatic rings. The first-order valence-electron chi connectivity index (χ1n) is 7.45. The van der Waals surface area contributed by atoms with Crippen LogP contribution in [0.15, 0.2) is 24.3 Å². The molecular formula is C16H25N2O3+. The highest BCUT2D eigenvalue weighted by molar-refractivity contribution is 5.76. The van der Waals surface area contributed by atoms with Crippen LogP contribution in [0.25, 0.3) is 0 Å². The minimum absolute atomic E-state index is 0.0853. The third-order valence-corrected chi connectivity index (χ3v) is 3.68. The van der Waals surface area contributed by atoms with Crippen molar-refractivity contribution in [3.8, 4) is 5.75 Å². The van der Waals surface area contributed by atoms with Crippen molar-refractivity contribution in [3.05, 3.63) is 29.8 Å². The van der Waals surface area contributed by atoms with Crippen molar-refractivity contribution in [1.29, 1.82) is 0 Å². The second-order valence-corrected chi connectivity index (χ2v) is 5.72. The maximum absolute atomic E-state index is 12.0. The Morgan fingerprint density at radius 3 is 2.48 bits per heavy atom. The Morgan fingerprint density at radius 2 is 1.90 bits per heavy atom. The fraction of sp³-hybridized carbons (Fsp3) is 0.562. The van der Waals surface area contributed by atoms with Crippen molar-refractivity contribution >= 4 is 5.91 Å². The summed E-state index contributed by atoms with van der Waals surface area (Å²) < 4.78 is 10.8. The third kappa shape index (κ3) is 5.02. The monoisotopic (exact) mass is 293 g/mol. The molecule has 0 aliphatic carbocycles. The molecule has 1 aliphatic heterocycles. The number of quaternary nitrogens is 1. The van der Waals surface area contributed by atoms with E-state index in [0.29, 0.717) is 13.1 Å². The SMILES string of the molecule is COc1ccc(CNC(=O)C[NH+]2C[C@@H](C)O[C@@H](C)C2)cc1. The van der Waals surface area contributed by atoms with Crippen LogP contribution in [0.4, 0.5) is 0 Å². The molecule has 0 spiro atoms. The first-order chi connectivity index (χ1) is 10.1. The number of hydrogen-bond acceptors (Lipinski definition) is 3. The highest BCUT2D eigenvalue weighted by atomic mass is 16.5. The van der Waals surface area contributed by atoms with E-state index < -0.39 is 0 Å². The zero-order chi connectivity index (χ0) is 15.2. The van der Waals surface area contributed by atoms with Gasteiger partial charge in [-0.15, -0.1) is 0 Å². The molecule has 116 valence electrons. The van der Waals surface area contributed by atoms with E-state index >= 15 is 0 Å². The van der Waals surface area contributed by atoms with Gasteiger partial charge in [-0.3, -0.25) is 4.79 Å². The lowest BCUT2D eigenvalue weighted by Gasteiger charge is -2.31. The summed E-state index contributed by atoms with van der Waals surface area (Å²) in [4.78, 5) is 13.3. The standard InChI is InChI=1S/C16H24N2O3/c1-12-9-18(10-13(2)21-12)11-16(19)17-8-14-4-6-15(20-3)7-5-14/h4-7,12-13H,8-11H2,1-3H3,(H,17,19)/p+1/t12-,13+. The number of carbonyl (C=O) groups excluding carboxylic acids is 1. The van der Waals surface area contributed by atoms with E-state index in [1.54, 1.807) is 7.11 Å². The molecule has 1 aromatic rings. The van der Waals surface area contributed by atoms with Crippen molar-refractivity contribution in [1.82, 2.24) is 5.32 Å². The molecule has 1 unspecified atom stereocenters. The normalized spacial score (nSPS) is 25.4. The van der Waals surface area contributed by atoms with Crippen molar-refractivity contribution in [2.45, 2.75) is 32.6 Å². The average molecular weight is 293 g/mol. The zero-order valence-corrected chi connectivity index (χ0v) is 13.0. The lowest BCUT2D eigenvalue weighted by molar-refractivity contribution is -0.907. The van der Waals surface area contributed by atoms with Crippen LogP contribution in [0.1, 0.15) is 19.4 Å². The second kappa shape index (κ2) is 7.43. The highest BCUT2D eigenvalue weighted by Crippen LogP contribution is 2.10. The summed E-state index contributed by atoms with van der Waals surface area (Å²) in [5, 5.41) is 2.97. The number of benzene rings is 1. The summed E-state index contributed by atoms with van der Waals surface area (Å²) >= 11 is 0. The quantitative estimate of drug-likeness (QED) is 0.804. The Kier molecular flexibility index (Phi) is 5.59. The number of ether oxygens (including phenoxy) is 2. The molecule has 21 heavy (non-hydrogen) atoms. The van der Waals surface area contributed by atoms with Crippen LogP contribution in [0.2, 0.25) is 0 Å². The van der Waals surface area contributed by atoms with Crippen molar-refractivity contribution in [3.63, 3.8) is 0 Å². The minimum atomic E-state index is 0.0853. The van der Waals surface area contributed by atoms with Crippen molar-refractivity contribution < 1.29 is 19.2 Å². The van der Waals surface area contributed by atoms with E-state index in [1.165, 1.54) is 4.90 Å². The average Bonchev–Trinajstić information content (AvgIpc) is 2.44. The molecule has 2 N–H and O–H groups in total. The Bertz CT molecular complexity index is 451. The molecule has 1 fully saturated rings. The lowest BCUT2D eigenvalue weighted by Crippen LogP contribution is -3.16. The van der Waals surface area contributed by atoms with Gasteiger partial charge in [0.1, 0.15) is 31.0 Å². The van der Waals surface area contributed by atoms with E-state index in [-0.39, 0.29) is 18.1 Å². The Hall–Kier alpha value is -1.59. The van der Waals surface area contributed by atoms with Crippen LogP contribution in [0.3, 0.4) is 0 Å². The number of amides is 1. The second-order valence-electron chi connectivity index (χ2n) is 5.72. The van der Waals surface area contributed by atoms with Gasteiger partial charge in [-0.2, -0.15) is 0 Å². The predicted octanol–water partition coefficient (Wildman–Crippen LogP) is 0.00350. The van der Waals surface area contributed by atoms with Gasteiger partial charge in [0.15, 0.2) is 6.54 Å². The fourth-order valence-electron chi connectivity index (χ4n) is 2.77. The largest absolute Gasteiger partial charge is 0.497 e.